The van der Waals surface area contributed by atoms with Crippen LogP contribution in [0.1, 0.15) is 41.8 Å². The molecule has 0 amide bonds. The molecule has 0 radical (unpaired) electrons. The molecule has 0 N–H and O–H groups in total. The topological polar surface area (TPSA) is 94.8 Å². The standard InChI is InChI=1S/C29H27N5O3/c1-4-37-26(35)15-25(20-10-6-5-7-11-20)34-28-24(14-13-22(16-30)31-28)33(29(34)36)18-21-17-32(3)23-12-8-9-19(2)27(21)23/h5-14,17,25H,4,15,18H2,1-3H3. The van der Waals surface area contributed by atoms with Gasteiger partial charge in [-0.1, -0.05) is 42.5 Å². The molecule has 8 nitrogen and oxygen atoms in total. The normalized spacial score (nSPS) is 12.1. The van der Waals surface area contributed by atoms with Crippen LogP contribution in [-0.4, -0.2) is 31.3 Å². The van der Waals surface area contributed by atoms with Crippen LogP contribution >= 0.6 is 0 Å². The SMILES string of the molecule is CCOC(=O)CC(c1ccccc1)n1c(=O)n(Cc2cn(C)c3cccc(C)c23)c2ccc(C#N)nc21. The van der Waals surface area contributed by atoms with Crippen LogP contribution in [0.2, 0.25) is 0 Å². The minimum Gasteiger partial charge on any atom is -0.466 e. The molecule has 0 spiro atoms. The van der Waals surface area contributed by atoms with Crippen molar-refractivity contribution in [2.45, 2.75) is 32.9 Å². The number of aromatic nitrogens is 4. The number of carbonyl (C=O) groups excluding carboxylic acids is 1. The van der Waals surface area contributed by atoms with Crippen LogP contribution in [0.4, 0.5) is 0 Å². The van der Waals surface area contributed by atoms with Crippen molar-refractivity contribution < 1.29 is 9.53 Å². The number of nitrogens with zero attached hydrogens (tertiary/aromatic N) is 5. The van der Waals surface area contributed by atoms with Gasteiger partial charge in [-0.15, -0.1) is 0 Å². The molecule has 8 heteroatoms. The fourth-order valence-electron chi connectivity index (χ4n) is 5.08. The lowest BCUT2D eigenvalue weighted by Crippen LogP contribution is -2.30. The van der Waals surface area contributed by atoms with E-state index in [9.17, 15) is 14.9 Å². The van der Waals surface area contributed by atoms with Gasteiger partial charge in [0, 0.05) is 24.1 Å². The molecule has 0 bridgehead atoms. The van der Waals surface area contributed by atoms with Crippen LogP contribution in [0.15, 0.2) is 71.7 Å². The van der Waals surface area contributed by atoms with Crippen LogP contribution in [0, 0.1) is 18.3 Å². The summed E-state index contributed by atoms with van der Waals surface area (Å²) in [5, 5.41) is 10.6. The largest absolute Gasteiger partial charge is 0.466 e. The molecule has 1 atom stereocenters. The predicted octanol–water partition coefficient (Wildman–Crippen LogP) is 4.46. The van der Waals surface area contributed by atoms with E-state index in [0.29, 0.717) is 17.7 Å². The number of hydrogen-bond donors (Lipinski definition) is 0. The van der Waals surface area contributed by atoms with Gasteiger partial charge in [-0.3, -0.25) is 13.9 Å². The molecule has 2 aromatic carbocycles. The van der Waals surface area contributed by atoms with Crippen molar-refractivity contribution in [3.05, 3.63) is 99.7 Å². The highest BCUT2D eigenvalue weighted by Crippen LogP contribution is 2.28. The fourth-order valence-corrected chi connectivity index (χ4v) is 5.08. The van der Waals surface area contributed by atoms with Crippen molar-refractivity contribution >= 4 is 28.0 Å². The number of carbonyl (C=O) groups is 1. The van der Waals surface area contributed by atoms with E-state index in [2.05, 4.69) is 34.7 Å². The van der Waals surface area contributed by atoms with E-state index in [4.69, 9.17) is 4.74 Å². The summed E-state index contributed by atoms with van der Waals surface area (Å²) in [6.07, 6.45) is 2.00. The summed E-state index contributed by atoms with van der Waals surface area (Å²) in [5.74, 6) is -0.412. The van der Waals surface area contributed by atoms with Gasteiger partial charge in [0.2, 0.25) is 0 Å². The average Bonchev–Trinajstić information content (AvgIpc) is 3.37. The molecule has 0 saturated carbocycles. The Balaban J connectivity index is 1.74. The average molecular weight is 494 g/mol. The van der Waals surface area contributed by atoms with Gasteiger partial charge in [-0.2, -0.15) is 5.26 Å². The summed E-state index contributed by atoms with van der Waals surface area (Å²) in [4.78, 5) is 31.3. The van der Waals surface area contributed by atoms with Crippen molar-refractivity contribution in [1.29, 1.82) is 5.26 Å². The Bertz CT molecular complexity index is 1720. The first-order valence-electron chi connectivity index (χ1n) is 12.2. The van der Waals surface area contributed by atoms with Gasteiger partial charge >= 0.3 is 11.7 Å². The van der Waals surface area contributed by atoms with Crippen molar-refractivity contribution in [1.82, 2.24) is 18.7 Å². The van der Waals surface area contributed by atoms with Crippen molar-refractivity contribution in [3.8, 4) is 6.07 Å². The zero-order chi connectivity index (χ0) is 26.1. The summed E-state index contributed by atoms with van der Waals surface area (Å²) >= 11 is 0. The summed E-state index contributed by atoms with van der Waals surface area (Å²) in [6.45, 7) is 4.37. The number of rotatable bonds is 7. The van der Waals surface area contributed by atoms with Gasteiger partial charge in [0.15, 0.2) is 5.65 Å². The second-order valence-electron chi connectivity index (χ2n) is 9.06. The minimum atomic E-state index is -0.646. The monoisotopic (exact) mass is 493 g/mol. The molecule has 0 fully saturated rings. The van der Waals surface area contributed by atoms with E-state index in [1.807, 2.05) is 49.6 Å². The van der Waals surface area contributed by atoms with Crippen LogP contribution < -0.4 is 5.69 Å². The molecule has 1 unspecified atom stereocenters. The van der Waals surface area contributed by atoms with E-state index in [0.717, 1.165) is 27.6 Å². The number of hydrogen-bond acceptors (Lipinski definition) is 5. The number of benzene rings is 2. The summed E-state index contributed by atoms with van der Waals surface area (Å²) < 4.78 is 10.5. The summed E-state index contributed by atoms with van der Waals surface area (Å²) in [6, 6.07) is 20.3. The minimum absolute atomic E-state index is 0.0390. The van der Waals surface area contributed by atoms with Crippen LogP contribution in [0.25, 0.3) is 22.1 Å². The number of esters is 1. The highest BCUT2D eigenvalue weighted by molar-refractivity contribution is 5.87. The molecule has 37 heavy (non-hydrogen) atoms. The van der Waals surface area contributed by atoms with E-state index in [1.54, 1.807) is 23.6 Å². The zero-order valence-corrected chi connectivity index (χ0v) is 21.0. The Morgan fingerprint density at radius 1 is 1.08 bits per heavy atom. The first-order valence-corrected chi connectivity index (χ1v) is 12.2. The summed E-state index contributed by atoms with van der Waals surface area (Å²) in [5.41, 5.74) is 4.84. The lowest BCUT2D eigenvalue weighted by Gasteiger charge is -2.18. The molecule has 3 heterocycles. The second-order valence-corrected chi connectivity index (χ2v) is 9.06. The molecular formula is C29H27N5O3. The smallest absolute Gasteiger partial charge is 0.331 e. The number of ether oxygens (including phenoxy) is 1. The van der Waals surface area contributed by atoms with Crippen LogP contribution in [0.3, 0.4) is 0 Å². The maximum atomic E-state index is 14.1. The summed E-state index contributed by atoms with van der Waals surface area (Å²) in [7, 11) is 1.99. The molecule has 0 aliphatic carbocycles. The van der Waals surface area contributed by atoms with Gasteiger partial charge in [0.25, 0.3) is 0 Å². The van der Waals surface area contributed by atoms with Gasteiger partial charge in [-0.05, 0) is 48.7 Å². The highest BCUT2D eigenvalue weighted by atomic mass is 16.5. The number of fused-ring (bicyclic) bond motifs is 2. The van der Waals surface area contributed by atoms with E-state index >= 15 is 0 Å². The maximum Gasteiger partial charge on any atom is 0.331 e. The van der Waals surface area contributed by atoms with E-state index in [-0.39, 0.29) is 24.4 Å². The molecule has 5 aromatic rings. The van der Waals surface area contributed by atoms with E-state index in [1.165, 1.54) is 4.57 Å². The van der Waals surface area contributed by atoms with Gasteiger partial charge in [-0.25, -0.2) is 9.78 Å². The second kappa shape index (κ2) is 9.78. The lowest BCUT2D eigenvalue weighted by atomic mass is 10.0. The first-order chi connectivity index (χ1) is 17.9. The number of pyridine rings is 1. The van der Waals surface area contributed by atoms with Crippen LogP contribution in [-0.2, 0) is 23.1 Å². The van der Waals surface area contributed by atoms with E-state index < -0.39 is 12.0 Å². The van der Waals surface area contributed by atoms with Gasteiger partial charge < -0.3 is 9.30 Å². The van der Waals surface area contributed by atoms with Gasteiger partial charge in [0.1, 0.15) is 11.8 Å². The van der Waals surface area contributed by atoms with Crippen molar-refractivity contribution in [3.63, 3.8) is 0 Å². The molecule has 0 aliphatic rings. The Kier molecular flexibility index (Phi) is 6.36. The maximum absolute atomic E-state index is 14.1. The number of aryl methyl sites for hydroxylation is 2. The van der Waals surface area contributed by atoms with Crippen LogP contribution in [0.5, 0.6) is 0 Å². The quantitative estimate of drug-likeness (QED) is 0.312. The lowest BCUT2D eigenvalue weighted by molar-refractivity contribution is -0.143. The third-order valence-electron chi connectivity index (χ3n) is 6.72. The third-order valence-corrected chi connectivity index (χ3v) is 6.72. The number of imidazole rings is 1. The number of nitriles is 1. The molecular weight excluding hydrogens is 466 g/mol. The Hall–Kier alpha value is -4.64. The van der Waals surface area contributed by atoms with Crippen molar-refractivity contribution in [2.75, 3.05) is 6.61 Å². The third kappa shape index (κ3) is 4.29. The van der Waals surface area contributed by atoms with Crippen molar-refractivity contribution in [2.24, 2.45) is 7.05 Å². The zero-order valence-electron chi connectivity index (χ0n) is 21.0. The van der Waals surface area contributed by atoms with Gasteiger partial charge in [0.05, 0.1) is 31.1 Å². The fraction of sp³-hybridized carbons (Fsp3) is 0.241. The Morgan fingerprint density at radius 3 is 2.59 bits per heavy atom. The molecule has 186 valence electrons. The highest BCUT2D eigenvalue weighted by Gasteiger charge is 2.27. The molecule has 3 aromatic heterocycles. The Morgan fingerprint density at radius 2 is 1.86 bits per heavy atom. The molecule has 5 rings (SSSR count). The molecule has 0 aliphatic heterocycles. The first kappa shape index (κ1) is 24.1. The Labute approximate surface area is 214 Å². The molecule has 0 saturated heterocycles. The predicted molar refractivity (Wildman–Crippen MR) is 141 cm³/mol.